The minimum Gasteiger partial charge on any atom is -0.496 e. The molecule has 0 bridgehead atoms. The minimum atomic E-state index is -0.659. The number of nitrogens with zero attached hydrogens (tertiary/aromatic N) is 2. The van der Waals surface area contributed by atoms with Crippen molar-refractivity contribution in [1.29, 1.82) is 5.26 Å². The van der Waals surface area contributed by atoms with Gasteiger partial charge >= 0.3 is 0 Å². The summed E-state index contributed by atoms with van der Waals surface area (Å²) in [6, 6.07) is 13.4. The van der Waals surface area contributed by atoms with Crippen molar-refractivity contribution in [3.05, 3.63) is 58.7 Å². The lowest BCUT2D eigenvalue weighted by atomic mass is 9.94. The van der Waals surface area contributed by atoms with Crippen molar-refractivity contribution in [1.82, 2.24) is 4.90 Å². The molecule has 0 unspecified atom stereocenters. The van der Waals surface area contributed by atoms with E-state index in [9.17, 15) is 10.4 Å². The third-order valence-corrected chi connectivity index (χ3v) is 4.39. The normalized spacial score (nSPS) is 17.0. The van der Waals surface area contributed by atoms with Crippen LogP contribution in [0, 0.1) is 11.3 Å². The van der Waals surface area contributed by atoms with Crippen LogP contribution in [0.3, 0.4) is 0 Å². The van der Waals surface area contributed by atoms with E-state index in [1.54, 1.807) is 14.2 Å². The first kappa shape index (κ1) is 16.3. The maximum atomic E-state index is 10.6. The van der Waals surface area contributed by atoms with E-state index in [-0.39, 0.29) is 0 Å². The van der Waals surface area contributed by atoms with Gasteiger partial charge in [0.15, 0.2) is 0 Å². The minimum absolute atomic E-state index is 0.482. The van der Waals surface area contributed by atoms with Crippen LogP contribution >= 0.6 is 0 Å². The number of hydrogen-bond acceptors (Lipinski definition) is 5. The van der Waals surface area contributed by atoms with Crippen molar-refractivity contribution in [3.8, 4) is 17.6 Å². The van der Waals surface area contributed by atoms with E-state index < -0.39 is 6.10 Å². The third-order valence-electron chi connectivity index (χ3n) is 4.39. The van der Waals surface area contributed by atoms with Crippen LogP contribution in [-0.2, 0) is 13.1 Å². The van der Waals surface area contributed by atoms with Gasteiger partial charge in [-0.05, 0) is 23.8 Å². The van der Waals surface area contributed by atoms with Gasteiger partial charge in [-0.1, -0.05) is 18.2 Å². The Morgan fingerprint density at radius 1 is 1.17 bits per heavy atom. The van der Waals surface area contributed by atoms with Gasteiger partial charge in [0.2, 0.25) is 0 Å². The predicted octanol–water partition coefficient (Wildman–Crippen LogP) is 2.62. The predicted molar refractivity (Wildman–Crippen MR) is 89.8 cm³/mol. The molecule has 1 atom stereocenters. The van der Waals surface area contributed by atoms with E-state index in [1.165, 1.54) is 0 Å². The fraction of sp³-hybridized carbons (Fsp3) is 0.316. The van der Waals surface area contributed by atoms with Crippen LogP contribution < -0.4 is 9.47 Å². The number of nitriles is 1. The molecule has 0 aliphatic carbocycles. The molecule has 0 spiro atoms. The molecule has 1 aliphatic heterocycles. The van der Waals surface area contributed by atoms with Gasteiger partial charge in [0.1, 0.15) is 11.5 Å². The SMILES string of the molecule is COc1ccc(OC)c2c1CN(Cc1ccccc1C#N)C[C@@H]2O. The first-order chi connectivity index (χ1) is 11.7. The molecule has 1 aliphatic rings. The maximum Gasteiger partial charge on any atom is 0.125 e. The number of ether oxygens (including phenoxy) is 2. The van der Waals surface area contributed by atoms with Crippen LogP contribution in [0.15, 0.2) is 36.4 Å². The van der Waals surface area contributed by atoms with Crippen LogP contribution in [0.25, 0.3) is 0 Å². The van der Waals surface area contributed by atoms with E-state index >= 15 is 0 Å². The van der Waals surface area contributed by atoms with Crippen molar-refractivity contribution >= 4 is 0 Å². The summed E-state index contributed by atoms with van der Waals surface area (Å²) in [5.41, 5.74) is 3.35. The molecule has 0 saturated carbocycles. The standard InChI is InChI=1S/C19H20N2O3/c1-23-17-7-8-18(24-2)19-15(17)11-21(12-16(19)22)10-14-6-4-3-5-13(14)9-20/h3-8,16,22H,10-12H2,1-2H3/t16-/m0/s1. The molecule has 0 fully saturated rings. The molecule has 1 N–H and O–H groups in total. The molecule has 0 aromatic heterocycles. The van der Waals surface area contributed by atoms with Crippen molar-refractivity contribution in [2.45, 2.75) is 19.2 Å². The second-order valence-electron chi connectivity index (χ2n) is 5.82. The van der Waals surface area contributed by atoms with Crippen molar-refractivity contribution in [3.63, 3.8) is 0 Å². The summed E-state index contributed by atoms with van der Waals surface area (Å²) >= 11 is 0. The molecule has 3 rings (SSSR count). The molecular weight excluding hydrogens is 304 g/mol. The maximum absolute atomic E-state index is 10.6. The number of aliphatic hydroxyl groups is 1. The molecule has 5 nitrogen and oxygen atoms in total. The highest BCUT2D eigenvalue weighted by Crippen LogP contribution is 2.39. The first-order valence-corrected chi connectivity index (χ1v) is 7.80. The summed E-state index contributed by atoms with van der Waals surface area (Å²) in [5.74, 6) is 1.42. The number of hydrogen-bond donors (Lipinski definition) is 1. The summed E-state index contributed by atoms with van der Waals surface area (Å²) < 4.78 is 10.9. The highest BCUT2D eigenvalue weighted by Gasteiger charge is 2.29. The summed E-state index contributed by atoms with van der Waals surface area (Å²) in [5, 5.41) is 19.9. The number of β-amino-alcohol motifs (C(OH)–C–C–N with tert-alkyl or cyclic N) is 1. The lowest BCUT2D eigenvalue weighted by molar-refractivity contribution is 0.0843. The molecule has 5 heteroatoms. The largest absolute Gasteiger partial charge is 0.496 e. The molecule has 1 heterocycles. The first-order valence-electron chi connectivity index (χ1n) is 7.80. The lowest BCUT2D eigenvalue weighted by Crippen LogP contribution is -2.34. The average molecular weight is 324 g/mol. The Kier molecular flexibility index (Phi) is 4.70. The topological polar surface area (TPSA) is 65.7 Å². The van der Waals surface area contributed by atoms with Crippen LogP contribution in [0.5, 0.6) is 11.5 Å². The summed E-state index contributed by atoms with van der Waals surface area (Å²) in [6.45, 7) is 1.71. The smallest absolute Gasteiger partial charge is 0.125 e. The fourth-order valence-corrected chi connectivity index (χ4v) is 3.27. The molecule has 2 aromatic rings. The van der Waals surface area contributed by atoms with Gasteiger partial charge in [-0.25, -0.2) is 0 Å². The van der Waals surface area contributed by atoms with E-state index in [2.05, 4.69) is 11.0 Å². The summed E-state index contributed by atoms with van der Waals surface area (Å²) in [4.78, 5) is 2.12. The molecule has 2 aromatic carbocycles. The van der Waals surface area contributed by atoms with Gasteiger partial charge in [-0.3, -0.25) is 4.90 Å². The Morgan fingerprint density at radius 3 is 2.58 bits per heavy atom. The zero-order valence-electron chi connectivity index (χ0n) is 13.8. The van der Waals surface area contributed by atoms with Crippen LogP contribution in [0.4, 0.5) is 0 Å². The number of fused-ring (bicyclic) bond motifs is 1. The van der Waals surface area contributed by atoms with Gasteiger partial charge in [-0.2, -0.15) is 5.26 Å². The number of methoxy groups -OCH3 is 2. The second-order valence-corrected chi connectivity index (χ2v) is 5.82. The van der Waals surface area contributed by atoms with Gasteiger partial charge in [0, 0.05) is 30.8 Å². The monoisotopic (exact) mass is 324 g/mol. The zero-order valence-corrected chi connectivity index (χ0v) is 13.8. The summed E-state index contributed by atoms with van der Waals surface area (Å²) in [7, 11) is 3.22. The quantitative estimate of drug-likeness (QED) is 0.936. The molecule has 0 saturated heterocycles. The van der Waals surface area contributed by atoms with Crippen LogP contribution in [0.2, 0.25) is 0 Å². The third kappa shape index (κ3) is 2.94. The fourth-order valence-electron chi connectivity index (χ4n) is 3.27. The van der Waals surface area contributed by atoms with Crippen molar-refractivity contribution < 1.29 is 14.6 Å². The van der Waals surface area contributed by atoms with E-state index in [0.717, 1.165) is 22.4 Å². The molecule has 0 amide bonds. The number of rotatable bonds is 4. The van der Waals surface area contributed by atoms with E-state index in [4.69, 9.17) is 9.47 Å². The van der Waals surface area contributed by atoms with Crippen LogP contribution in [0.1, 0.15) is 28.4 Å². The molecule has 24 heavy (non-hydrogen) atoms. The molecule has 124 valence electrons. The van der Waals surface area contributed by atoms with Crippen LogP contribution in [-0.4, -0.2) is 30.8 Å². The van der Waals surface area contributed by atoms with Gasteiger partial charge in [0.05, 0.1) is 32.0 Å². The van der Waals surface area contributed by atoms with E-state index in [0.29, 0.717) is 30.9 Å². The lowest BCUT2D eigenvalue weighted by Gasteiger charge is -2.34. The highest BCUT2D eigenvalue weighted by atomic mass is 16.5. The molecular formula is C19H20N2O3. The Balaban J connectivity index is 1.93. The number of aliphatic hydroxyl groups excluding tert-OH is 1. The Bertz CT molecular complexity index is 783. The molecule has 0 radical (unpaired) electrons. The second kappa shape index (κ2) is 6.91. The van der Waals surface area contributed by atoms with Crippen molar-refractivity contribution in [2.24, 2.45) is 0 Å². The van der Waals surface area contributed by atoms with E-state index in [1.807, 2.05) is 36.4 Å². The number of benzene rings is 2. The van der Waals surface area contributed by atoms with Crippen molar-refractivity contribution in [2.75, 3.05) is 20.8 Å². The Labute approximate surface area is 141 Å². The summed E-state index contributed by atoms with van der Waals surface area (Å²) in [6.07, 6.45) is -0.659. The van der Waals surface area contributed by atoms with Gasteiger partial charge in [-0.15, -0.1) is 0 Å². The van der Waals surface area contributed by atoms with Gasteiger partial charge in [0.25, 0.3) is 0 Å². The van der Waals surface area contributed by atoms with Gasteiger partial charge < -0.3 is 14.6 Å². The Morgan fingerprint density at radius 2 is 1.88 bits per heavy atom. The highest BCUT2D eigenvalue weighted by molar-refractivity contribution is 5.51. The average Bonchev–Trinajstić information content (AvgIpc) is 2.61. The zero-order chi connectivity index (χ0) is 17.1. The Hall–Kier alpha value is -2.55.